The largest absolute Gasteiger partial charge is 0.371 e. The first kappa shape index (κ1) is 12.1. The summed E-state index contributed by atoms with van der Waals surface area (Å²) in [5.41, 5.74) is 2.87. The Labute approximate surface area is 96.5 Å². The molecule has 0 radical (unpaired) electrons. The first-order chi connectivity index (χ1) is 7.72. The summed E-state index contributed by atoms with van der Waals surface area (Å²) < 4.78 is 0. The molecule has 0 heterocycles. The highest BCUT2D eigenvalue weighted by Crippen LogP contribution is 2.21. The first-order valence-corrected chi connectivity index (χ1v) is 5.35. The number of nitrogens with zero attached hydrogens (tertiary/aromatic N) is 3. The molecule has 0 unspecified atom stereocenters. The summed E-state index contributed by atoms with van der Waals surface area (Å²) in [6.07, 6.45) is 0.521. The van der Waals surface area contributed by atoms with Crippen molar-refractivity contribution in [1.29, 1.82) is 10.5 Å². The first-order valence-electron chi connectivity index (χ1n) is 5.35. The van der Waals surface area contributed by atoms with E-state index in [0.717, 1.165) is 24.3 Å². The van der Waals surface area contributed by atoms with Gasteiger partial charge in [-0.2, -0.15) is 10.5 Å². The summed E-state index contributed by atoms with van der Waals surface area (Å²) in [7, 11) is 0. The zero-order valence-corrected chi connectivity index (χ0v) is 9.70. The molecule has 1 aromatic rings. The molecule has 1 aromatic carbocycles. The summed E-state index contributed by atoms with van der Waals surface area (Å²) in [6.45, 7) is 5.66. The van der Waals surface area contributed by atoms with Crippen molar-refractivity contribution in [3.63, 3.8) is 0 Å². The highest BCUT2D eigenvalue weighted by molar-refractivity contribution is 5.56. The monoisotopic (exact) mass is 213 g/mol. The van der Waals surface area contributed by atoms with Gasteiger partial charge in [0.15, 0.2) is 0 Å². The lowest BCUT2D eigenvalue weighted by Gasteiger charge is -2.23. The summed E-state index contributed by atoms with van der Waals surface area (Å²) in [5.74, 6) is 0. The van der Waals surface area contributed by atoms with E-state index < -0.39 is 0 Å². The van der Waals surface area contributed by atoms with Gasteiger partial charge in [-0.1, -0.05) is 0 Å². The molecule has 3 heteroatoms. The van der Waals surface area contributed by atoms with E-state index in [4.69, 9.17) is 10.5 Å². The molecule has 3 nitrogen and oxygen atoms in total. The molecule has 16 heavy (non-hydrogen) atoms. The van der Waals surface area contributed by atoms with Gasteiger partial charge >= 0.3 is 0 Å². The number of aryl methyl sites for hydroxylation is 1. The molecule has 1 rings (SSSR count). The van der Waals surface area contributed by atoms with Crippen LogP contribution in [0.25, 0.3) is 0 Å². The van der Waals surface area contributed by atoms with Crippen LogP contribution in [0.2, 0.25) is 0 Å². The quantitative estimate of drug-likeness (QED) is 0.772. The summed E-state index contributed by atoms with van der Waals surface area (Å²) >= 11 is 0. The fraction of sp³-hybridized carbons (Fsp3) is 0.385. The van der Waals surface area contributed by atoms with Gasteiger partial charge in [0.25, 0.3) is 0 Å². The zero-order chi connectivity index (χ0) is 12.0. The van der Waals surface area contributed by atoms with Crippen molar-refractivity contribution < 1.29 is 0 Å². The van der Waals surface area contributed by atoms with Crippen LogP contribution in [0.4, 0.5) is 5.69 Å². The maximum absolute atomic E-state index is 8.78. The Morgan fingerprint density at radius 2 is 2.06 bits per heavy atom. The Morgan fingerprint density at radius 3 is 2.56 bits per heavy atom. The molecule has 0 spiro atoms. The number of anilines is 1. The van der Waals surface area contributed by atoms with Crippen LogP contribution in [-0.4, -0.2) is 13.1 Å². The number of nitriles is 2. The Bertz CT molecular complexity index is 437. The van der Waals surface area contributed by atoms with Crippen LogP contribution in [0.3, 0.4) is 0 Å². The average molecular weight is 213 g/mol. The molecule has 0 saturated carbocycles. The molecular weight excluding hydrogens is 198 g/mol. The van der Waals surface area contributed by atoms with E-state index in [1.807, 2.05) is 25.1 Å². The Hall–Kier alpha value is -2.00. The molecule has 0 atom stereocenters. The third-order valence-electron chi connectivity index (χ3n) is 2.54. The smallest absolute Gasteiger partial charge is 0.0991 e. The van der Waals surface area contributed by atoms with Gasteiger partial charge in [0.2, 0.25) is 0 Å². The van der Waals surface area contributed by atoms with Crippen LogP contribution in [0.5, 0.6) is 0 Å². The van der Waals surface area contributed by atoms with Gasteiger partial charge in [-0.25, -0.2) is 0 Å². The standard InChI is InChI=1S/C13H15N3/c1-3-16(8-4-7-14)13-6-5-12(10-15)9-11(13)2/h5-6,9H,3-4,8H2,1-2H3. The minimum atomic E-state index is 0.521. The minimum Gasteiger partial charge on any atom is -0.371 e. The van der Waals surface area contributed by atoms with Crippen LogP contribution < -0.4 is 4.90 Å². The van der Waals surface area contributed by atoms with Crippen LogP contribution >= 0.6 is 0 Å². The van der Waals surface area contributed by atoms with Gasteiger partial charge in [-0.15, -0.1) is 0 Å². The van der Waals surface area contributed by atoms with Crippen molar-refractivity contribution in [2.75, 3.05) is 18.0 Å². The lowest BCUT2D eigenvalue weighted by molar-refractivity contribution is 0.823. The fourth-order valence-corrected chi connectivity index (χ4v) is 1.71. The number of hydrogen-bond acceptors (Lipinski definition) is 3. The van der Waals surface area contributed by atoms with Crippen molar-refractivity contribution in [2.24, 2.45) is 0 Å². The van der Waals surface area contributed by atoms with Crippen molar-refractivity contribution >= 4 is 5.69 Å². The van der Waals surface area contributed by atoms with Crippen LogP contribution in [0, 0.1) is 29.6 Å². The van der Waals surface area contributed by atoms with E-state index in [1.165, 1.54) is 0 Å². The topological polar surface area (TPSA) is 50.8 Å². The molecule has 0 aliphatic carbocycles. The van der Waals surface area contributed by atoms with Gasteiger partial charge < -0.3 is 4.90 Å². The third-order valence-corrected chi connectivity index (χ3v) is 2.54. The number of benzene rings is 1. The minimum absolute atomic E-state index is 0.521. The molecule has 0 aliphatic heterocycles. The van der Waals surface area contributed by atoms with Crippen LogP contribution in [0.15, 0.2) is 18.2 Å². The maximum Gasteiger partial charge on any atom is 0.0991 e. The van der Waals surface area contributed by atoms with E-state index >= 15 is 0 Å². The van der Waals surface area contributed by atoms with Gasteiger partial charge in [-0.3, -0.25) is 0 Å². The van der Waals surface area contributed by atoms with E-state index in [-0.39, 0.29) is 0 Å². The molecule has 0 amide bonds. The Balaban J connectivity index is 2.94. The van der Waals surface area contributed by atoms with E-state index in [0.29, 0.717) is 12.0 Å². The molecule has 0 aromatic heterocycles. The highest BCUT2D eigenvalue weighted by atomic mass is 15.1. The van der Waals surface area contributed by atoms with Crippen molar-refractivity contribution in [3.8, 4) is 12.1 Å². The highest BCUT2D eigenvalue weighted by Gasteiger charge is 2.07. The second-order valence-electron chi connectivity index (χ2n) is 3.60. The van der Waals surface area contributed by atoms with E-state index in [2.05, 4.69) is 24.0 Å². The van der Waals surface area contributed by atoms with Crippen LogP contribution in [0.1, 0.15) is 24.5 Å². The Morgan fingerprint density at radius 1 is 1.31 bits per heavy atom. The molecule has 0 bridgehead atoms. The van der Waals surface area contributed by atoms with Gasteiger partial charge in [0.1, 0.15) is 0 Å². The predicted molar refractivity (Wildman–Crippen MR) is 64.0 cm³/mol. The molecule has 0 saturated heterocycles. The fourth-order valence-electron chi connectivity index (χ4n) is 1.71. The molecule has 82 valence electrons. The van der Waals surface area contributed by atoms with Gasteiger partial charge in [0, 0.05) is 18.8 Å². The van der Waals surface area contributed by atoms with Gasteiger partial charge in [-0.05, 0) is 37.6 Å². The summed E-state index contributed by atoms with van der Waals surface area (Å²) in [5, 5.41) is 17.4. The van der Waals surface area contributed by atoms with E-state index in [1.54, 1.807) is 0 Å². The lowest BCUT2D eigenvalue weighted by atomic mass is 10.1. The normalized spacial score (nSPS) is 9.25. The summed E-state index contributed by atoms with van der Waals surface area (Å²) in [6, 6.07) is 9.92. The van der Waals surface area contributed by atoms with Crippen LogP contribution in [-0.2, 0) is 0 Å². The lowest BCUT2D eigenvalue weighted by Crippen LogP contribution is -2.24. The molecule has 0 fully saturated rings. The van der Waals surface area contributed by atoms with Crippen molar-refractivity contribution in [3.05, 3.63) is 29.3 Å². The zero-order valence-electron chi connectivity index (χ0n) is 9.70. The molecule has 0 N–H and O–H groups in total. The average Bonchev–Trinajstić information content (AvgIpc) is 2.31. The third kappa shape index (κ3) is 2.74. The van der Waals surface area contributed by atoms with Crippen molar-refractivity contribution in [1.82, 2.24) is 0 Å². The SMILES string of the molecule is CCN(CCC#N)c1ccc(C#N)cc1C. The number of hydrogen-bond donors (Lipinski definition) is 0. The Kier molecular flexibility index (Phi) is 4.36. The second kappa shape index (κ2) is 5.78. The predicted octanol–water partition coefficient (Wildman–Crippen LogP) is 2.61. The number of rotatable bonds is 4. The van der Waals surface area contributed by atoms with E-state index in [9.17, 15) is 0 Å². The van der Waals surface area contributed by atoms with Gasteiger partial charge in [0.05, 0.1) is 24.1 Å². The molecular formula is C13H15N3. The second-order valence-corrected chi connectivity index (χ2v) is 3.60. The maximum atomic E-state index is 8.78. The van der Waals surface area contributed by atoms with Crippen molar-refractivity contribution in [2.45, 2.75) is 20.3 Å². The molecule has 0 aliphatic rings. The summed E-state index contributed by atoms with van der Waals surface area (Å²) in [4.78, 5) is 2.15.